The summed E-state index contributed by atoms with van der Waals surface area (Å²) in [6.07, 6.45) is 1.08. The minimum absolute atomic E-state index is 0.00732. The van der Waals surface area contributed by atoms with Crippen molar-refractivity contribution in [2.75, 3.05) is 0 Å². The molecule has 0 spiro atoms. The molecule has 0 saturated carbocycles. The van der Waals surface area contributed by atoms with E-state index in [1.165, 1.54) is 0 Å². The van der Waals surface area contributed by atoms with Crippen molar-refractivity contribution in [1.82, 2.24) is 5.43 Å². The second kappa shape index (κ2) is 9.14. The van der Waals surface area contributed by atoms with Crippen LogP contribution in [0.2, 0.25) is 0 Å². The summed E-state index contributed by atoms with van der Waals surface area (Å²) in [6.45, 7) is 0.364. The molecule has 0 aromatic heterocycles. The van der Waals surface area contributed by atoms with Gasteiger partial charge in [0.2, 0.25) is 0 Å². The monoisotopic (exact) mass is 390 g/mol. The summed E-state index contributed by atoms with van der Waals surface area (Å²) in [6, 6.07) is 19.4. The number of nitro benzene ring substituents is 1. The molecule has 0 radical (unpaired) electrons. The number of carbonyl (C=O) groups is 1. The second-order valence-electron chi connectivity index (χ2n) is 5.98. The molecule has 3 aromatic carbocycles. The number of non-ortho nitro benzene ring substituents is 1. The Bertz CT molecular complexity index is 1030. The summed E-state index contributed by atoms with van der Waals surface area (Å²) in [5, 5.41) is 26.2. The molecule has 29 heavy (non-hydrogen) atoms. The first-order chi connectivity index (χ1) is 14.0. The van der Waals surface area contributed by atoms with E-state index in [-0.39, 0.29) is 11.3 Å². The predicted octanol–water partition coefficient (Wildman–Crippen LogP) is 3.01. The van der Waals surface area contributed by atoms with E-state index >= 15 is 0 Å². The maximum atomic E-state index is 12.1. The molecule has 0 bridgehead atoms. The molecule has 0 heterocycles. The Morgan fingerprint density at radius 3 is 2.48 bits per heavy atom. The third-order valence-electron chi connectivity index (χ3n) is 3.94. The molecule has 0 fully saturated rings. The Labute approximate surface area is 166 Å². The van der Waals surface area contributed by atoms with Gasteiger partial charge in [0, 0.05) is 17.7 Å². The molecule has 0 aliphatic rings. The van der Waals surface area contributed by atoms with E-state index in [1.807, 2.05) is 30.3 Å². The smallest absolute Gasteiger partial charge is 0.271 e. The summed E-state index contributed by atoms with van der Waals surface area (Å²) in [5.41, 5.74) is 3.33. The van der Waals surface area contributed by atoms with Gasteiger partial charge in [-0.2, -0.15) is 5.10 Å². The number of nitrogens with one attached hydrogen (secondary N) is 1. The number of nitro groups is 1. The highest BCUT2D eigenvalue weighted by molar-refractivity contribution is 5.95. The van der Waals surface area contributed by atoms with Crippen LogP contribution >= 0.6 is 0 Å². The van der Waals surface area contributed by atoms with Gasteiger partial charge in [0.25, 0.3) is 11.6 Å². The zero-order chi connectivity index (χ0) is 20.6. The summed E-state index contributed by atoms with van der Waals surface area (Å²) in [4.78, 5) is 22.3. The van der Waals surface area contributed by atoms with Gasteiger partial charge in [0.1, 0.15) is 12.4 Å². The van der Waals surface area contributed by atoms with Crippen molar-refractivity contribution in [2.45, 2.75) is 6.61 Å². The average molecular weight is 390 g/mol. The normalized spacial score (nSPS) is 10.6. The minimum Gasteiger partial charge on any atom is -0.872 e. The molecule has 3 aromatic rings. The lowest BCUT2D eigenvalue weighted by Gasteiger charge is -2.08. The molecule has 0 atom stereocenters. The first-order valence-electron chi connectivity index (χ1n) is 8.58. The van der Waals surface area contributed by atoms with E-state index in [0.29, 0.717) is 12.2 Å². The third-order valence-corrected chi connectivity index (χ3v) is 3.94. The van der Waals surface area contributed by atoms with Crippen LogP contribution in [0.15, 0.2) is 77.9 Å². The number of nitrogens with zero attached hydrogens (tertiary/aromatic N) is 2. The van der Waals surface area contributed by atoms with Crippen LogP contribution in [0, 0.1) is 10.1 Å². The van der Waals surface area contributed by atoms with Gasteiger partial charge >= 0.3 is 0 Å². The number of hydrogen-bond acceptors (Lipinski definition) is 6. The van der Waals surface area contributed by atoms with Gasteiger partial charge in [-0.3, -0.25) is 14.9 Å². The lowest BCUT2D eigenvalue weighted by molar-refractivity contribution is -0.385. The maximum Gasteiger partial charge on any atom is 0.271 e. The third kappa shape index (κ3) is 5.39. The first-order valence-corrected chi connectivity index (χ1v) is 8.58. The number of hydrazone groups is 1. The molecular formula is C21H16N3O5-. The Hall–Kier alpha value is -4.20. The Kier molecular flexibility index (Phi) is 6.16. The zero-order valence-electron chi connectivity index (χ0n) is 15.1. The molecule has 146 valence electrons. The average Bonchev–Trinajstić information content (AvgIpc) is 2.74. The molecule has 8 nitrogen and oxygen atoms in total. The minimum atomic E-state index is -0.613. The number of carbonyl (C=O) groups excluding carboxylic acids is 1. The van der Waals surface area contributed by atoms with E-state index in [9.17, 15) is 20.0 Å². The van der Waals surface area contributed by atoms with Crippen molar-refractivity contribution in [3.05, 3.63) is 99.6 Å². The molecule has 0 saturated heterocycles. The van der Waals surface area contributed by atoms with Gasteiger partial charge in [-0.1, -0.05) is 42.1 Å². The second-order valence-corrected chi connectivity index (χ2v) is 5.98. The van der Waals surface area contributed by atoms with Gasteiger partial charge < -0.3 is 9.84 Å². The van der Waals surface area contributed by atoms with Gasteiger partial charge in [-0.25, -0.2) is 5.43 Å². The fourth-order valence-corrected chi connectivity index (χ4v) is 2.41. The highest BCUT2D eigenvalue weighted by Gasteiger charge is 2.07. The predicted molar refractivity (Wildman–Crippen MR) is 105 cm³/mol. The molecule has 0 aliphatic heterocycles. The molecule has 0 aliphatic carbocycles. The summed E-state index contributed by atoms with van der Waals surface area (Å²) in [7, 11) is 0. The summed E-state index contributed by atoms with van der Waals surface area (Å²) >= 11 is 0. The Morgan fingerprint density at radius 2 is 1.79 bits per heavy atom. The molecule has 3 rings (SSSR count). The lowest BCUT2D eigenvalue weighted by atomic mass is 10.1. The van der Waals surface area contributed by atoms with E-state index in [1.54, 1.807) is 24.3 Å². The SMILES string of the molecule is O=C(N/N=C\c1cc([N+](=O)[O-])ccc1[O-])c1ccc(COc2ccccc2)cc1. The van der Waals surface area contributed by atoms with E-state index < -0.39 is 16.6 Å². The van der Waals surface area contributed by atoms with Gasteiger partial charge in [-0.05, 0) is 35.4 Å². The molecule has 0 unspecified atom stereocenters. The fraction of sp³-hybridized carbons (Fsp3) is 0.0476. The van der Waals surface area contributed by atoms with Crippen LogP contribution in [0.25, 0.3) is 0 Å². The quantitative estimate of drug-likeness (QED) is 0.378. The van der Waals surface area contributed by atoms with Crippen molar-refractivity contribution in [1.29, 1.82) is 0 Å². The number of hydrogen-bond donors (Lipinski definition) is 1. The number of ether oxygens (including phenoxy) is 1. The number of amides is 1. The van der Waals surface area contributed by atoms with Crippen molar-refractivity contribution in [3.8, 4) is 11.5 Å². The standard InChI is InChI=1S/C21H17N3O5/c25-20-11-10-18(24(27)28)12-17(20)13-22-23-21(26)16-8-6-15(7-9-16)14-29-19-4-2-1-3-5-19/h1-13,25H,14H2,(H,23,26)/p-1/b22-13-. The van der Waals surface area contributed by atoms with Crippen molar-refractivity contribution in [3.63, 3.8) is 0 Å². The Balaban J connectivity index is 1.57. The van der Waals surface area contributed by atoms with Crippen LogP contribution in [0.1, 0.15) is 21.5 Å². The maximum absolute atomic E-state index is 12.1. The Morgan fingerprint density at radius 1 is 1.07 bits per heavy atom. The highest BCUT2D eigenvalue weighted by Crippen LogP contribution is 2.19. The zero-order valence-corrected chi connectivity index (χ0v) is 15.1. The molecule has 1 N–H and O–H groups in total. The molecule has 8 heteroatoms. The number of benzene rings is 3. The largest absolute Gasteiger partial charge is 0.872 e. The van der Waals surface area contributed by atoms with Crippen molar-refractivity contribution in [2.24, 2.45) is 5.10 Å². The summed E-state index contributed by atoms with van der Waals surface area (Å²) < 4.78 is 5.64. The van der Waals surface area contributed by atoms with Crippen LogP contribution in [0.5, 0.6) is 11.5 Å². The van der Waals surface area contributed by atoms with Crippen LogP contribution in [-0.2, 0) is 6.61 Å². The molecule has 1 amide bonds. The van der Waals surface area contributed by atoms with E-state index in [4.69, 9.17) is 4.74 Å². The first kappa shape index (κ1) is 19.6. The van der Waals surface area contributed by atoms with Crippen molar-refractivity contribution >= 4 is 17.8 Å². The van der Waals surface area contributed by atoms with Crippen LogP contribution < -0.4 is 15.3 Å². The van der Waals surface area contributed by atoms with Gasteiger partial charge in [0.05, 0.1) is 11.1 Å². The van der Waals surface area contributed by atoms with E-state index in [2.05, 4.69) is 10.5 Å². The van der Waals surface area contributed by atoms with Crippen LogP contribution in [0.3, 0.4) is 0 Å². The molecular weight excluding hydrogens is 374 g/mol. The fourth-order valence-electron chi connectivity index (χ4n) is 2.41. The number of rotatable bonds is 7. The van der Waals surface area contributed by atoms with Gasteiger partial charge in [0.15, 0.2) is 0 Å². The highest BCUT2D eigenvalue weighted by atomic mass is 16.6. The van der Waals surface area contributed by atoms with Crippen LogP contribution in [0.4, 0.5) is 5.69 Å². The van der Waals surface area contributed by atoms with Crippen LogP contribution in [-0.4, -0.2) is 17.0 Å². The van der Waals surface area contributed by atoms with Gasteiger partial charge in [-0.15, -0.1) is 0 Å². The topological polar surface area (TPSA) is 117 Å². The van der Waals surface area contributed by atoms with E-state index in [0.717, 1.165) is 35.7 Å². The lowest BCUT2D eigenvalue weighted by Crippen LogP contribution is -2.17. The summed E-state index contributed by atoms with van der Waals surface area (Å²) in [5.74, 6) is -0.159. The van der Waals surface area contributed by atoms with Crippen molar-refractivity contribution < 1.29 is 19.6 Å². The number of para-hydroxylation sites is 1.